The molecule has 6 nitrogen and oxygen atoms in total. The van der Waals surface area contributed by atoms with Crippen LogP contribution in [0.25, 0.3) is 0 Å². The van der Waals surface area contributed by atoms with Crippen molar-refractivity contribution in [2.24, 2.45) is 0 Å². The number of aliphatic carboxylic acids is 1. The topological polar surface area (TPSA) is 88.5 Å². The summed E-state index contributed by atoms with van der Waals surface area (Å²) in [5, 5.41) is 11.3. The molecule has 1 amide bonds. The predicted molar refractivity (Wildman–Crippen MR) is 76.5 cm³/mol. The van der Waals surface area contributed by atoms with Crippen LogP contribution in [0.4, 0.5) is 5.69 Å². The summed E-state index contributed by atoms with van der Waals surface area (Å²) in [6, 6.07) is 8.35. The number of carboxylic acids is 1. The van der Waals surface area contributed by atoms with Gasteiger partial charge in [0, 0.05) is 12.4 Å². The quantitative estimate of drug-likeness (QED) is 0.878. The number of aromatic nitrogens is 1. The molecule has 0 unspecified atom stereocenters. The third kappa shape index (κ3) is 4.04. The molecule has 0 aliphatic rings. The van der Waals surface area contributed by atoms with Gasteiger partial charge in [0.2, 0.25) is 0 Å². The standard InChI is InChI=1S/C15H14N2O4/c1-10-6-11(8-16-7-10)15(20)17-12-4-2-3-5-13(12)21-9-14(18)19/h2-8H,9H2,1H3,(H,17,20)(H,18,19). The van der Waals surface area contributed by atoms with E-state index in [1.54, 1.807) is 36.5 Å². The Morgan fingerprint density at radius 3 is 2.76 bits per heavy atom. The van der Waals surface area contributed by atoms with Crippen LogP contribution in [0.1, 0.15) is 15.9 Å². The zero-order chi connectivity index (χ0) is 15.2. The highest BCUT2D eigenvalue weighted by Gasteiger charge is 2.11. The van der Waals surface area contributed by atoms with Crippen molar-refractivity contribution in [1.82, 2.24) is 4.98 Å². The summed E-state index contributed by atoms with van der Waals surface area (Å²) in [5.41, 5.74) is 1.70. The van der Waals surface area contributed by atoms with Gasteiger partial charge in [-0.1, -0.05) is 12.1 Å². The minimum Gasteiger partial charge on any atom is -0.480 e. The van der Waals surface area contributed by atoms with Crippen LogP contribution in [0.2, 0.25) is 0 Å². The van der Waals surface area contributed by atoms with Gasteiger partial charge in [0.05, 0.1) is 11.3 Å². The zero-order valence-corrected chi connectivity index (χ0v) is 11.4. The summed E-state index contributed by atoms with van der Waals surface area (Å²) in [5.74, 6) is -1.12. The predicted octanol–water partition coefficient (Wildman–Crippen LogP) is 2.11. The molecule has 0 fully saturated rings. The lowest BCUT2D eigenvalue weighted by Gasteiger charge is -2.11. The molecule has 1 aromatic heterocycles. The van der Waals surface area contributed by atoms with Crippen LogP contribution in [0.5, 0.6) is 5.75 Å². The number of aryl methyl sites for hydroxylation is 1. The van der Waals surface area contributed by atoms with Gasteiger partial charge in [-0.3, -0.25) is 9.78 Å². The van der Waals surface area contributed by atoms with Crippen molar-refractivity contribution >= 4 is 17.6 Å². The van der Waals surface area contributed by atoms with Crippen molar-refractivity contribution in [2.45, 2.75) is 6.92 Å². The minimum absolute atomic E-state index is 0.300. The molecule has 1 heterocycles. The number of carbonyl (C=O) groups excluding carboxylic acids is 1. The molecule has 0 saturated heterocycles. The second-order valence-electron chi connectivity index (χ2n) is 4.38. The molecule has 2 N–H and O–H groups in total. The highest BCUT2D eigenvalue weighted by molar-refractivity contribution is 6.04. The van der Waals surface area contributed by atoms with Crippen LogP contribution in [0.3, 0.4) is 0 Å². The van der Waals surface area contributed by atoms with E-state index in [0.29, 0.717) is 17.0 Å². The number of pyridine rings is 1. The fourth-order valence-electron chi connectivity index (χ4n) is 1.71. The monoisotopic (exact) mass is 286 g/mol. The summed E-state index contributed by atoms with van der Waals surface area (Å²) in [7, 11) is 0. The number of anilines is 1. The Balaban J connectivity index is 2.15. The van der Waals surface area contributed by atoms with E-state index >= 15 is 0 Å². The fraction of sp³-hybridized carbons (Fsp3) is 0.133. The molecule has 2 rings (SSSR count). The first-order valence-electron chi connectivity index (χ1n) is 6.23. The number of benzene rings is 1. The maximum Gasteiger partial charge on any atom is 0.341 e. The molecule has 108 valence electrons. The Kier molecular flexibility index (Phi) is 4.50. The number of carbonyl (C=O) groups is 2. The highest BCUT2D eigenvalue weighted by atomic mass is 16.5. The molecule has 0 aliphatic heterocycles. The molecule has 21 heavy (non-hydrogen) atoms. The summed E-state index contributed by atoms with van der Waals surface area (Å²) >= 11 is 0. The first-order chi connectivity index (χ1) is 10.1. The van der Waals surface area contributed by atoms with Crippen molar-refractivity contribution in [2.75, 3.05) is 11.9 Å². The lowest BCUT2D eigenvalue weighted by Crippen LogP contribution is -2.15. The SMILES string of the molecule is Cc1cncc(C(=O)Nc2ccccc2OCC(=O)O)c1. The molecular weight excluding hydrogens is 272 g/mol. The van der Waals surface area contributed by atoms with Gasteiger partial charge in [0.25, 0.3) is 5.91 Å². The van der Waals surface area contributed by atoms with Gasteiger partial charge < -0.3 is 15.2 Å². The molecule has 0 aliphatic carbocycles. The summed E-state index contributed by atoms with van der Waals surface area (Å²) in [6.07, 6.45) is 3.11. The number of amides is 1. The van der Waals surface area contributed by atoms with Gasteiger partial charge in [-0.25, -0.2) is 4.79 Å². The van der Waals surface area contributed by atoms with Crippen LogP contribution in [0.15, 0.2) is 42.7 Å². The number of hydrogen-bond acceptors (Lipinski definition) is 4. The third-order valence-electron chi connectivity index (χ3n) is 2.62. The summed E-state index contributed by atoms with van der Waals surface area (Å²) in [4.78, 5) is 26.6. The van der Waals surface area contributed by atoms with Crippen LogP contribution in [-0.2, 0) is 4.79 Å². The smallest absolute Gasteiger partial charge is 0.341 e. The second-order valence-corrected chi connectivity index (χ2v) is 4.38. The van der Waals surface area contributed by atoms with Gasteiger partial charge in [0.15, 0.2) is 6.61 Å². The lowest BCUT2D eigenvalue weighted by atomic mass is 10.2. The summed E-state index contributed by atoms with van der Waals surface area (Å²) < 4.78 is 5.13. The van der Waals surface area contributed by atoms with Crippen molar-refractivity contribution in [1.29, 1.82) is 0 Å². The normalized spacial score (nSPS) is 9.95. The third-order valence-corrected chi connectivity index (χ3v) is 2.62. The highest BCUT2D eigenvalue weighted by Crippen LogP contribution is 2.24. The van der Waals surface area contributed by atoms with Crippen LogP contribution in [-0.4, -0.2) is 28.6 Å². The number of hydrogen-bond donors (Lipinski definition) is 2. The van der Waals surface area contributed by atoms with E-state index in [-0.39, 0.29) is 5.91 Å². The van der Waals surface area contributed by atoms with Crippen LogP contribution >= 0.6 is 0 Å². The molecule has 0 saturated carbocycles. The van der Waals surface area contributed by atoms with Gasteiger partial charge >= 0.3 is 5.97 Å². The first-order valence-corrected chi connectivity index (χ1v) is 6.23. The van der Waals surface area contributed by atoms with Crippen molar-refractivity contribution < 1.29 is 19.4 Å². The van der Waals surface area contributed by atoms with Gasteiger partial charge in [0.1, 0.15) is 5.75 Å². The average molecular weight is 286 g/mol. The molecule has 0 atom stereocenters. The molecule has 1 aromatic carbocycles. The summed E-state index contributed by atoms with van der Waals surface area (Å²) in [6.45, 7) is 1.37. The van der Waals surface area contributed by atoms with Crippen LogP contribution < -0.4 is 10.1 Å². The van der Waals surface area contributed by atoms with E-state index in [0.717, 1.165) is 5.56 Å². The number of carboxylic acid groups (broad SMARTS) is 1. The Hall–Kier alpha value is -2.89. The number of para-hydroxylation sites is 2. The molecule has 0 spiro atoms. The van der Waals surface area contributed by atoms with E-state index in [4.69, 9.17) is 9.84 Å². The molecule has 0 radical (unpaired) electrons. The van der Waals surface area contributed by atoms with Gasteiger partial charge in [-0.15, -0.1) is 0 Å². The second kappa shape index (κ2) is 6.51. The van der Waals surface area contributed by atoms with Gasteiger partial charge in [-0.2, -0.15) is 0 Å². The fourth-order valence-corrected chi connectivity index (χ4v) is 1.71. The molecular formula is C15H14N2O4. The number of nitrogens with zero attached hydrogens (tertiary/aromatic N) is 1. The van der Waals surface area contributed by atoms with E-state index in [2.05, 4.69) is 10.3 Å². The van der Waals surface area contributed by atoms with E-state index in [9.17, 15) is 9.59 Å². The number of ether oxygens (including phenoxy) is 1. The largest absolute Gasteiger partial charge is 0.480 e. The zero-order valence-electron chi connectivity index (χ0n) is 11.4. The van der Waals surface area contributed by atoms with Crippen molar-refractivity contribution in [3.63, 3.8) is 0 Å². The Morgan fingerprint density at radius 1 is 1.29 bits per heavy atom. The Labute approximate surface area is 121 Å². The van der Waals surface area contributed by atoms with Crippen molar-refractivity contribution in [3.05, 3.63) is 53.9 Å². The van der Waals surface area contributed by atoms with E-state index in [1.807, 2.05) is 6.92 Å². The van der Waals surface area contributed by atoms with Crippen molar-refractivity contribution in [3.8, 4) is 5.75 Å². The minimum atomic E-state index is -1.08. The molecule has 6 heteroatoms. The average Bonchev–Trinajstić information content (AvgIpc) is 2.46. The maximum absolute atomic E-state index is 12.1. The van der Waals surface area contributed by atoms with E-state index in [1.165, 1.54) is 6.20 Å². The first kappa shape index (κ1) is 14.5. The van der Waals surface area contributed by atoms with E-state index < -0.39 is 12.6 Å². The van der Waals surface area contributed by atoms with Crippen LogP contribution in [0, 0.1) is 6.92 Å². The molecule has 0 bridgehead atoms. The number of nitrogens with one attached hydrogen (secondary N) is 1. The maximum atomic E-state index is 12.1. The Bertz CT molecular complexity index is 670. The number of rotatable bonds is 5. The van der Waals surface area contributed by atoms with Gasteiger partial charge in [-0.05, 0) is 30.7 Å². The molecule has 2 aromatic rings. The Morgan fingerprint density at radius 2 is 2.05 bits per heavy atom. The lowest BCUT2D eigenvalue weighted by molar-refractivity contribution is -0.139.